The molecule has 0 saturated carbocycles. The van der Waals surface area contributed by atoms with Crippen LogP contribution in [0.3, 0.4) is 0 Å². The third-order valence-electron chi connectivity index (χ3n) is 9.22. The average Bonchev–Trinajstić information content (AvgIpc) is 3.66. The normalized spacial score (nSPS) is 18.8. The molecule has 1 spiro atoms. The van der Waals surface area contributed by atoms with Crippen molar-refractivity contribution in [3.63, 3.8) is 0 Å². The molecule has 0 aliphatic carbocycles. The maximum atomic E-state index is 15.7. The van der Waals surface area contributed by atoms with Crippen LogP contribution >= 0.6 is 0 Å². The van der Waals surface area contributed by atoms with Crippen molar-refractivity contribution in [2.45, 2.75) is 25.0 Å². The Morgan fingerprint density at radius 2 is 1.95 bits per heavy atom. The quantitative estimate of drug-likeness (QED) is 0.211. The molecule has 11 nitrogen and oxygen atoms in total. The van der Waals surface area contributed by atoms with Gasteiger partial charge in [0.05, 0.1) is 39.7 Å². The molecule has 2 aliphatic rings. The van der Waals surface area contributed by atoms with E-state index in [0.717, 1.165) is 37.7 Å². The van der Waals surface area contributed by atoms with Gasteiger partial charge in [-0.3, -0.25) is 9.69 Å². The molecule has 4 aromatic heterocycles. The molecule has 2 aliphatic heterocycles. The lowest BCUT2D eigenvalue weighted by molar-refractivity contribution is -0.0116. The minimum Gasteiger partial charge on any atom is -0.386 e. The number of ether oxygens (including phenoxy) is 1. The standard InChI is InChI=1S/C30H32F2N8O3/c1-33-21-9-20(31)24(32)22-23-26(39-7-5-30(14-39)4-6-38(30)3)19(11-35-28(23)37-25(21)22)16-8-18-27(42)17(13-43-15-41)12-40(34-2)29(18)36-10-16/h8-12,33-34,41H,4-7,13-15H2,1-3H3,(H,35,37). The largest absolute Gasteiger partial charge is 0.386 e. The number of nitrogens with zero attached hydrogens (tertiary/aromatic N) is 5. The fourth-order valence-electron chi connectivity index (χ4n) is 6.74. The van der Waals surface area contributed by atoms with Gasteiger partial charge in [0.2, 0.25) is 0 Å². The maximum Gasteiger partial charge on any atom is 0.196 e. The van der Waals surface area contributed by atoms with Crippen molar-refractivity contribution in [3.8, 4) is 11.1 Å². The summed E-state index contributed by atoms with van der Waals surface area (Å²) >= 11 is 0. The molecule has 7 rings (SSSR count). The zero-order valence-electron chi connectivity index (χ0n) is 24.1. The molecular weight excluding hydrogens is 558 g/mol. The van der Waals surface area contributed by atoms with Gasteiger partial charge in [-0.05, 0) is 26.0 Å². The lowest BCUT2D eigenvalue weighted by Crippen LogP contribution is -2.59. The Labute approximate surface area is 245 Å². The molecular formula is C30H32F2N8O3. The lowest BCUT2D eigenvalue weighted by atomic mass is 9.84. The van der Waals surface area contributed by atoms with Gasteiger partial charge in [-0.2, -0.15) is 0 Å². The first-order chi connectivity index (χ1) is 20.8. The van der Waals surface area contributed by atoms with Crippen LogP contribution in [0.5, 0.6) is 0 Å². The third-order valence-corrected chi connectivity index (χ3v) is 9.22. The molecule has 4 N–H and O–H groups in total. The number of benzene rings is 1. The van der Waals surface area contributed by atoms with Crippen LogP contribution in [-0.2, 0) is 11.3 Å². The molecule has 2 fully saturated rings. The van der Waals surface area contributed by atoms with Crippen molar-refractivity contribution in [2.75, 3.05) is 63.2 Å². The number of H-pyrrole nitrogens is 1. The molecule has 43 heavy (non-hydrogen) atoms. The predicted octanol–water partition coefficient (Wildman–Crippen LogP) is 3.34. The van der Waals surface area contributed by atoms with Crippen LogP contribution in [0, 0.1) is 11.6 Å². The first kappa shape index (κ1) is 27.5. The van der Waals surface area contributed by atoms with E-state index in [-0.39, 0.29) is 23.0 Å². The van der Waals surface area contributed by atoms with Crippen LogP contribution in [0.4, 0.5) is 20.2 Å². The summed E-state index contributed by atoms with van der Waals surface area (Å²) in [6.45, 7) is 1.85. The minimum absolute atomic E-state index is 0.0165. The second-order valence-corrected chi connectivity index (χ2v) is 11.3. The molecule has 0 radical (unpaired) electrons. The topological polar surface area (TPSA) is 124 Å². The lowest BCUT2D eigenvalue weighted by Gasteiger charge is -2.48. The summed E-state index contributed by atoms with van der Waals surface area (Å²) in [4.78, 5) is 30.6. The summed E-state index contributed by atoms with van der Waals surface area (Å²) in [5, 5.41) is 13.1. The number of anilines is 2. The number of hydrogen-bond donors (Lipinski definition) is 4. The summed E-state index contributed by atoms with van der Waals surface area (Å²) in [6.07, 6.45) is 6.95. The van der Waals surface area contributed by atoms with Crippen LogP contribution in [0.25, 0.3) is 44.1 Å². The molecule has 224 valence electrons. The number of pyridine rings is 3. The number of aromatic amines is 1. The molecule has 5 aromatic rings. The maximum absolute atomic E-state index is 15.7. The summed E-state index contributed by atoms with van der Waals surface area (Å²) < 4.78 is 37.4. The monoisotopic (exact) mass is 590 g/mol. The Balaban J connectivity index is 1.51. The number of aromatic nitrogens is 4. The van der Waals surface area contributed by atoms with Gasteiger partial charge in [0.15, 0.2) is 22.7 Å². The second kappa shape index (κ2) is 10.1. The van der Waals surface area contributed by atoms with Crippen molar-refractivity contribution in [2.24, 2.45) is 0 Å². The van der Waals surface area contributed by atoms with Gasteiger partial charge in [-0.15, -0.1) is 0 Å². The Kier molecular flexibility index (Phi) is 6.49. The van der Waals surface area contributed by atoms with Crippen molar-refractivity contribution >= 4 is 44.3 Å². The van der Waals surface area contributed by atoms with Gasteiger partial charge in [0.25, 0.3) is 0 Å². The second-order valence-electron chi connectivity index (χ2n) is 11.3. The van der Waals surface area contributed by atoms with Crippen molar-refractivity contribution in [1.29, 1.82) is 0 Å². The molecule has 1 aromatic carbocycles. The summed E-state index contributed by atoms with van der Waals surface area (Å²) in [6, 6.07) is 2.89. The fraction of sp³-hybridized carbons (Fsp3) is 0.367. The van der Waals surface area contributed by atoms with Crippen molar-refractivity contribution < 1.29 is 18.6 Å². The number of hydrogen-bond acceptors (Lipinski definition) is 9. The van der Waals surface area contributed by atoms with E-state index < -0.39 is 18.4 Å². The molecule has 1 unspecified atom stereocenters. The van der Waals surface area contributed by atoms with Gasteiger partial charge in [-0.1, -0.05) is 0 Å². The highest BCUT2D eigenvalue weighted by Gasteiger charge is 2.48. The third kappa shape index (κ3) is 4.06. The highest BCUT2D eigenvalue weighted by Crippen LogP contribution is 2.47. The van der Waals surface area contributed by atoms with E-state index in [0.29, 0.717) is 56.5 Å². The van der Waals surface area contributed by atoms with E-state index in [9.17, 15) is 9.18 Å². The number of likely N-dealkylation sites (tertiary alicyclic amines) is 1. The van der Waals surface area contributed by atoms with Crippen molar-refractivity contribution in [1.82, 2.24) is 24.5 Å². The van der Waals surface area contributed by atoms with E-state index in [1.807, 2.05) is 0 Å². The Bertz CT molecular complexity index is 1980. The number of fused-ring (bicyclic) bond motifs is 4. The molecule has 0 amide bonds. The van der Waals surface area contributed by atoms with Crippen LogP contribution in [0.1, 0.15) is 18.4 Å². The molecule has 13 heteroatoms. The summed E-state index contributed by atoms with van der Waals surface area (Å²) in [5.74, 6) is -1.90. The molecule has 1 atom stereocenters. The van der Waals surface area contributed by atoms with E-state index in [2.05, 4.69) is 42.5 Å². The number of likely N-dealkylation sites (N-methyl/N-ethyl adjacent to an activating group) is 1. The van der Waals surface area contributed by atoms with Crippen LogP contribution < -0.4 is 21.1 Å². The summed E-state index contributed by atoms with van der Waals surface area (Å²) in [5.41, 5.74) is 6.77. The van der Waals surface area contributed by atoms with E-state index in [1.165, 1.54) is 0 Å². The van der Waals surface area contributed by atoms with Gasteiger partial charge >= 0.3 is 0 Å². The SMILES string of the molecule is CNc1cc(F)c(F)c2c1[nH]c1ncc(-c3cnc4c(c3)c(=O)c(COCO)cn4NC)c(N3CCC4(CCN4C)C3)c12. The number of halogens is 2. The van der Waals surface area contributed by atoms with Crippen LogP contribution in [0.15, 0.2) is 35.5 Å². The molecule has 0 bridgehead atoms. The predicted molar refractivity (Wildman–Crippen MR) is 162 cm³/mol. The van der Waals surface area contributed by atoms with Gasteiger partial charge in [-0.25, -0.2) is 23.4 Å². The van der Waals surface area contributed by atoms with E-state index in [1.54, 1.807) is 43.4 Å². The Morgan fingerprint density at radius 3 is 2.63 bits per heavy atom. The number of aliphatic hydroxyl groups excluding tert-OH is 1. The smallest absolute Gasteiger partial charge is 0.196 e. The number of aliphatic hydroxyl groups is 1. The summed E-state index contributed by atoms with van der Waals surface area (Å²) in [7, 11) is 5.48. The Morgan fingerprint density at radius 1 is 1.14 bits per heavy atom. The van der Waals surface area contributed by atoms with E-state index >= 15 is 4.39 Å². The van der Waals surface area contributed by atoms with Gasteiger partial charge in [0.1, 0.15) is 12.4 Å². The number of rotatable bonds is 7. The number of nitrogens with one attached hydrogen (secondary N) is 3. The van der Waals surface area contributed by atoms with Gasteiger partial charge < -0.3 is 30.5 Å². The highest BCUT2D eigenvalue weighted by atomic mass is 19.2. The zero-order chi connectivity index (χ0) is 30.0. The molecule has 6 heterocycles. The van der Waals surface area contributed by atoms with Crippen LogP contribution in [-0.4, -0.2) is 82.7 Å². The minimum atomic E-state index is -0.955. The first-order valence-corrected chi connectivity index (χ1v) is 14.2. The van der Waals surface area contributed by atoms with E-state index in [4.69, 9.17) is 9.84 Å². The Hall–Kier alpha value is -4.33. The van der Waals surface area contributed by atoms with Crippen LogP contribution in [0.2, 0.25) is 0 Å². The average molecular weight is 591 g/mol. The fourth-order valence-corrected chi connectivity index (χ4v) is 6.74. The zero-order valence-corrected chi connectivity index (χ0v) is 24.1. The molecule has 2 saturated heterocycles. The highest BCUT2D eigenvalue weighted by molar-refractivity contribution is 6.18. The first-order valence-electron chi connectivity index (χ1n) is 14.2. The van der Waals surface area contributed by atoms with Crippen molar-refractivity contribution in [3.05, 3.63) is 58.1 Å². The van der Waals surface area contributed by atoms with Gasteiger partial charge in [0, 0.05) is 80.6 Å².